The lowest BCUT2D eigenvalue weighted by atomic mass is 9.98. The van der Waals surface area contributed by atoms with E-state index in [0.717, 1.165) is 6.07 Å². The highest BCUT2D eigenvalue weighted by Crippen LogP contribution is 2.28. The molecule has 0 amide bonds. The van der Waals surface area contributed by atoms with E-state index in [0.29, 0.717) is 5.56 Å². The molecule has 0 bridgehead atoms. The Morgan fingerprint density at radius 1 is 1.50 bits per heavy atom. The fourth-order valence-electron chi connectivity index (χ4n) is 1.62. The molecule has 0 saturated heterocycles. The summed E-state index contributed by atoms with van der Waals surface area (Å²) < 4.78 is 13.2. The average Bonchev–Trinajstić information content (AvgIpc) is 2.33. The van der Waals surface area contributed by atoms with Gasteiger partial charge in [-0.1, -0.05) is 5.11 Å². The Bertz CT molecular complexity index is 474. The maximum absolute atomic E-state index is 13.2. The Morgan fingerprint density at radius 2 is 2.17 bits per heavy atom. The van der Waals surface area contributed by atoms with Crippen LogP contribution in [-0.4, -0.2) is 22.9 Å². The minimum atomic E-state index is -1.31. The largest absolute Gasteiger partial charge is 0.398 e. The summed E-state index contributed by atoms with van der Waals surface area (Å²) in [5.74, 6) is -0.530. The lowest BCUT2D eigenvalue weighted by Crippen LogP contribution is -2.20. The highest BCUT2D eigenvalue weighted by atomic mass is 19.1. The molecule has 1 rings (SSSR count). The van der Waals surface area contributed by atoms with Crippen molar-refractivity contribution < 1.29 is 14.6 Å². The van der Waals surface area contributed by atoms with Gasteiger partial charge in [0.1, 0.15) is 11.9 Å². The van der Waals surface area contributed by atoms with Gasteiger partial charge in [-0.3, -0.25) is 0 Å². The van der Waals surface area contributed by atoms with Crippen molar-refractivity contribution in [2.75, 3.05) is 12.3 Å². The summed E-state index contributed by atoms with van der Waals surface area (Å²) in [5.41, 5.74) is 14.7. The number of aliphatic hydroxyl groups excluding tert-OH is 2. The fourth-order valence-corrected chi connectivity index (χ4v) is 1.62. The Labute approximate surface area is 103 Å². The van der Waals surface area contributed by atoms with E-state index in [1.807, 2.05) is 0 Å². The zero-order valence-corrected chi connectivity index (χ0v) is 9.91. The molecule has 98 valence electrons. The van der Waals surface area contributed by atoms with E-state index in [1.165, 1.54) is 6.07 Å². The first-order chi connectivity index (χ1) is 8.47. The van der Waals surface area contributed by atoms with Crippen LogP contribution in [0.15, 0.2) is 17.2 Å². The molecule has 0 saturated carbocycles. The molecule has 1 aromatic rings. The van der Waals surface area contributed by atoms with Crippen LogP contribution in [0.2, 0.25) is 0 Å². The van der Waals surface area contributed by atoms with Crippen molar-refractivity contribution in [2.45, 2.75) is 25.6 Å². The molecule has 18 heavy (non-hydrogen) atoms. The van der Waals surface area contributed by atoms with Crippen molar-refractivity contribution in [3.8, 4) is 0 Å². The molecule has 0 radical (unpaired) electrons. The van der Waals surface area contributed by atoms with Gasteiger partial charge in [-0.2, -0.15) is 0 Å². The predicted molar refractivity (Wildman–Crippen MR) is 65.1 cm³/mol. The zero-order chi connectivity index (χ0) is 13.7. The third-order valence-corrected chi connectivity index (χ3v) is 2.65. The summed E-state index contributed by atoms with van der Waals surface area (Å²) in [7, 11) is 0. The zero-order valence-electron chi connectivity index (χ0n) is 9.91. The summed E-state index contributed by atoms with van der Waals surface area (Å²) in [6.07, 6.45) is -2.41. The Balaban J connectivity index is 2.89. The summed E-state index contributed by atoms with van der Waals surface area (Å²) in [6, 6.07) is 2.34. The molecule has 0 aliphatic rings. The number of aliphatic hydroxyl groups is 2. The predicted octanol–water partition coefficient (Wildman–Crippen LogP) is 1.81. The van der Waals surface area contributed by atoms with Crippen LogP contribution < -0.4 is 5.73 Å². The Kier molecular flexibility index (Phi) is 4.91. The maximum atomic E-state index is 13.2. The van der Waals surface area contributed by atoms with E-state index in [-0.39, 0.29) is 24.2 Å². The van der Waals surface area contributed by atoms with Gasteiger partial charge in [0, 0.05) is 22.7 Å². The van der Waals surface area contributed by atoms with Crippen molar-refractivity contribution in [1.29, 1.82) is 0 Å². The molecule has 0 aromatic heterocycles. The lowest BCUT2D eigenvalue weighted by molar-refractivity contribution is 0.0153. The van der Waals surface area contributed by atoms with Crippen LogP contribution in [-0.2, 0) is 0 Å². The first-order valence-electron chi connectivity index (χ1n) is 5.40. The van der Waals surface area contributed by atoms with Gasteiger partial charge in [0.25, 0.3) is 0 Å². The Hall–Kier alpha value is -1.82. The number of rotatable bonds is 5. The van der Waals surface area contributed by atoms with Crippen molar-refractivity contribution in [3.63, 3.8) is 0 Å². The van der Waals surface area contributed by atoms with E-state index >= 15 is 0 Å². The molecule has 2 unspecified atom stereocenters. The van der Waals surface area contributed by atoms with E-state index in [4.69, 9.17) is 11.3 Å². The van der Waals surface area contributed by atoms with Crippen LogP contribution in [0.1, 0.15) is 23.7 Å². The maximum Gasteiger partial charge on any atom is 0.123 e. The number of nitrogens with two attached hydrogens (primary N) is 1. The molecule has 4 N–H and O–H groups in total. The van der Waals surface area contributed by atoms with Crippen LogP contribution >= 0.6 is 0 Å². The molecule has 7 heteroatoms. The van der Waals surface area contributed by atoms with Crippen LogP contribution in [0, 0.1) is 12.7 Å². The Morgan fingerprint density at radius 3 is 2.78 bits per heavy atom. The number of aryl methyl sites for hydroxylation is 1. The monoisotopic (exact) mass is 254 g/mol. The van der Waals surface area contributed by atoms with Crippen LogP contribution in [0.3, 0.4) is 0 Å². The molecule has 1 aromatic carbocycles. The first kappa shape index (κ1) is 14.2. The molecular weight excluding hydrogens is 239 g/mol. The van der Waals surface area contributed by atoms with Crippen LogP contribution in [0.4, 0.5) is 10.1 Å². The molecule has 0 heterocycles. The average molecular weight is 254 g/mol. The number of hydrogen-bond acceptors (Lipinski definition) is 4. The molecule has 0 spiro atoms. The SMILES string of the molecule is Cc1cc(F)cc(C(O)C(O)CCN=[N+]=[N-])c1N. The van der Waals surface area contributed by atoms with E-state index in [9.17, 15) is 14.6 Å². The standard InChI is InChI=1S/C11H15FN4O2/c1-6-4-7(12)5-8(10(6)13)11(18)9(17)2-3-15-16-14/h4-5,9,11,17-18H,2-3,13H2,1H3. The topological polar surface area (TPSA) is 115 Å². The van der Waals surface area contributed by atoms with Crippen molar-refractivity contribution >= 4 is 5.69 Å². The van der Waals surface area contributed by atoms with Crippen LogP contribution in [0.5, 0.6) is 0 Å². The quantitative estimate of drug-likeness (QED) is 0.322. The second-order valence-corrected chi connectivity index (χ2v) is 3.98. The summed E-state index contributed by atoms with van der Waals surface area (Å²) in [5, 5.41) is 22.8. The smallest absolute Gasteiger partial charge is 0.123 e. The van der Waals surface area contributed by atoms with E-state index < -0.39 is 18.0 Å². The minimum absolute atomic E-state index is 0.0446. The summed E-state index contributed by atoms with van der Waals surface area (Å²) in [6.45, 7) is 1.66. The number of hydrogen-bond donors (Lipinski definition) is 3. The number of halogens is 1. The van der Waals surface area contributed by atoms with Crippen molar-refractivity contribution in [2.24, 2.45) is 5.11 Å². The van der Waals surface area contributed by atoms with Gasteiger partial charge < -0.3 is 15.9 Å². The van der Waals surface area contributed by atoms with Gasteiger partial charge >= 0.3 is 0 Å². The fraction of sp³-hybridized carbons (Fsp3) is 0.455. The number of anilines is 1. The molecule has 0 fully saturated rings. The van der Waals surface area contributed by atoms with Crippen LogP contribution in [0.25, 0.3) is 10.4 Å². The highest BCUT2D eigenvalue weighted by molar-refractivity contribution is 5.54. The minimum Gasteiger partial charge on any atom is -0.398 e. The van der Waals surface area contributed by atoms with Gasteiger partial charge in [0.05, 0.1) is 6.10 Å². The van der Waals surface area contributed by atoms with Gasteiger partial charge in [0.2, 0.25) is 0 Å². The normalized spacial score (nSPS) is 13.8. The lowest BCUT2D eigenvalue weighted by Gasteiger charge is -2.20. The number of benzene rings is 1. The molecular formula is C11H15FN4O2. The molecule has 0 aliphatic carbocycles. The molecule has 6 nitrogen and oxygen atoms in total. The third-order valence-electron chi connectivity index (χ3n) is 2.65. The first-order valence-corrected chi connectivity index (χ1v) is 5.40. The van der Waals surface area contributed by atoms with Gasteiger partial charge in [0.15, 0.2) is 0 Å². The van der Waals surface area contributed by atoms with E-state index in [2.05, 4.69) is 10.0 Å². The molecule has 0 aliphatic heterocycles. The second-order valence-electron chi connectivity index (χ2n) is 3.98. The van der Waals surface area contributed by atoms with Gasteiger partial charge in [-0.05, 0) is 36.6 Å². The molecule has 2 atom stereocenters. The summed E-state index contributed by atoms with van der Waals surface area (Å²) in [4.78, 5) is 2.53. The summed E-state index contributed by atoms with van der Waals surface area (Å²) >= 11 is 0. The number of nitrogens with zero attached hydrogens (tertiary/aromatic N) is 3. The van der Waals surface area contributed by atoms with Crippen molar-refractivity contribution in [1.82, 2.24) is 0 Å². The second kappa shape index (κ2) is 6.20. The number of azide groups is 1. The highest BCUT2D eigenvalue weighted by Gasteiger charge is 2.21. The van der Waals surface area contributed by atoms with Gasteiger partial charge in [-0.15, -0.1) is 0 Å². The number of nitrogen functional groups attached to an aromatic ring is 1. The third kappa shape index (κ3) is 3.33. The van der Waals surface area contributed by atoms with Crippen molar-refractivity contribution in [3.05, 3.63) is 39.5 Å². The van der Waals surface area contributed by atoms with E-state index in [1.54, 1.807) is 6.92 Å². The van der Waals surface area contributed by atoms with Gasteiger partial charge in [-0.25, -0.2) is 4.39 Å².